The van der Waals surface area contributed by atoms with Crippen LogP contribution in [0.3, 0.4) is 0 Å². The number of likely N-dealkylation sites (tertiary alicyclic amines) is 1. The van der Waals surface area contributed by atoms with Crippen LogP contribution in [0.5, 0.6) is 0 Å². The lowest BCUT2D eigenvalue weighted by atomic mass is 10.0. The molecule has 0 bridgehead atoms. The molecule has 1 aliphatic heterocycles. The van der Waals surface area contributed by atoms with Gasteiger partial charge in [-0.1, -0.05) is 0 Å². The first-order valence-corrected chi connectivity index (χ1v) is 7.97. The number of carboxylic acids is 1. The van der Waals surface area contributed by atoms with Gasteiger partial charge in [0.2, 0.25) is 5.91 Å². The van der Waals surface area contributed by atoms with Gasteiger partial charge >= 0.3 is 5.97 Å². The highest BCUT2D eigenvalue weighted by atomic mass is 32.2. The second-order valence-electron chi connectivity index (χ2n) is 4.99. The molecule has 1 aromatic rings. The van der Waals surface area contributed by atoms with E-state index < -0.39 is 12.0 Å². The molecular formula is C15H18FNO3S. The molecule has 0 saturated carbocycles. The van der Waals surface area contributed by atoms with Gasteiger partial charge in [-0.25, -0.2) is 9.18 Å². The van der Waals surface area contributed by atoms with E-state index in [2.05, 4.69) is 0 Å². The zero-order chi connectivity index (χ0) is 15.2. The van der Waals surface area contributed by atoms with Crippen molar-refractivity contribution in [2.24, 2.45) is 0 Å². The van der Waals surface area contributed by atoms with E-state index >= 15 is 0 Å². The van der Waals surface area contributed by atoms with E-state index in [-0.39, 0.29) is 11.7 Å². The van der Waals surface area contributed by atoms with Crippen molar-refractivity contribution in [3.05, 3.63) is 30.1 Å². The maximum atomic E-state index is 12.8. The number of benzene rings is 1. The zero-order valence-corrected chi connectivity index (χ0v) is 12.4. The van der Waals surface area contributed by atoms with Gasteiger partial charge in [-0.05, 0) is 43.5 Å². The number of rotatable bonds is 5. The Bertz CT molecular complexity index is 506. The Labute approximate surface area is 127 Å². The van der Waals surface area contributed by atoms with E-state index in [1.54, 1.807) is 12.1 Å². The van der Waals surface area contributed by atoms with Crippen molar-refractivity contribution in [1.29, 1.82) is 0 Å². The highest BCUT2D eigenvalue weighted by Gasteiger charge is 2.31. The van der Waals surface area contributed by atoms with Crippen LogP contribution in [0.25, 0.3) is 0 Å². The Morgan fingerprint density at radius 2 is 2.00 bits per heavy atom. The van der Waals surface area contributed by atoms with E-state index in [1.165, 1.54) is 28.8 Å². The van der Waals surface area contributed by atoms with Crippen LogP contribution in [-0.2, 0) is 9.59 Å². The van der Waals surface area contributed by atoms with Gasteiger partial charge in [0.25, 0.3) is 0 Å². The van der Waals surface area contributed by atoms with Crippen LogP contribution in [0.15, 0.2) is 29.2 Å². The van der Waals surface area contributed by atoms with Crippen molar-refractivity contribution < 1.29 is 19.1 Å². The molecule has 2 rings (SSSR count). The normalized spacial score (nSPS) is 18.5. The molecule has 114 valence electrons. The summed E-state index contributed by atoms with van der Waals surface area (Å²) in [5.41, 5.74) is 0. The number of aliphatic carboxylic acids is 1. The predicted octanol–water partition coefficient (Wildman–Crippen LogP) is 2.77. The molecule has 1 aliphatic rings. The summed E-state index contributed by atoms with van der Waals surface area (Å²) in [6, 6.07) is 5.43. The van der Waals surface area contributed by atoms with Crippen molar-refractivity contribution in [2.45, 2.75) is 36.6 Å². The third kappa shape index (κ3) is 4.46. The van der Waals surface area contributed by atoms with Gasteiger partial charge in [0, 0.05) is 23.6 Å². The first-order valence-electron chi connectivity index (χ1n) is 6.98. The van der Waals surface area contributed by atoms with Crippen molar-refractivity contribution in [3.8, 4) is 0 Å². The Kier molecular flexibility index (Phi) is 5.61. The maximum Gasteiger partial charge on any atom is 0.326 e. The number of carboxylic acid groups (broad SMARTS) is 1. The Balaban J connectivity index is 1.83. The van der Waals surface area contributed by atoms with Gasteiger partial charge in [-0.3, -0.25) is 4.79 Å². The molecule has 0 unspecified atom stereocenters. The minimum atomic E-state index is -0.922. The summed E-state index contributed by atoms with van der Waals surface area (Å²) in [5, 5.41) is 9.15. The molecule has 1 N–H and O–H groups in total. The fourth-order valence-electron chi connectivity index (χ4n) is 2.42. The molecule has 1 heterocycles. The average Bonchev–Trinajstić information content (AvgIpc) is 2.49. The zero-order valence-electron chi connectivity index (χ0n) is 11.6. The van der Waals surface area contributed by atoms with E-state index in [9.17, 15) is 14.0 Å². The van der Waals surface area contributed by atoms with Crippen molar-refractivity contribution in [1.82, 2.24) is 4.90 Å². The fourth-order valence-corrected chi connectivity index (χ4v) is 3.26. The van der Waals surface area contributed by atoms with Gasteiger partial charge in [0.05, 0.1) is 0 Å². The average molecular weight is 311 g/mol. The Morgan fingerprint density at radius 3 is 2.67 bits per heavy atom. The molecule has 0 aliphatic carbocycles. The van der Waals surface area contributed by atoms with Crippen LogP contribution in [0.4, 0.5) is 4.39 Å². The van der Waals surface area contributed by atoms with Crippen LogP contribution in [0, 0.1) is 5.82 Å². The van der Waals surface area contributed by atoms with E-state index in [0.29, 0.717) is 25.1 Å². The van der Waals surface area contributed by atoms with E-state index in [1.807, 2.05) is 0 Å². The molecule has 0 radical (unpaired) electrons. The number of carbonyl (C=O) groups excluding carboxylic acids is 1. The van der Waals surface area contributed by atoms with E-state index in [4.69, 9.17) is 5.11 Å². The van der Waals surface area contributed by atoms with Crippen LogP contribution < -0.4 is 0 Å². The minimum absolute atomic E-state index is 0.114. The number of amides is 1. The standard InChI is InChI=1S/C15H18FNO3S/c16-11-4-6-12(7-5-11)21-10-8-14(18)17-9-2-1-3-13(17)15(19)20/h4-7,13H,1-3,8-10H2,(H,19,20)/t13-/m0/s1. The molecule has 1 fully saturated rings. The molecule has 1 aromatic carbocycles. The van der Waals surface area contributed by atoms with Gasteiger partial charge in [0.15, 0.2) is 0 Å². The topological polar surface area (TPSA) is 57.6 Å². The summed E-state index contributed by atoms with van der Waals surface area (Å²) in [7, 11) is 0. The third-order valence-electron chi connectivity index (χ3n) is 3.51. The molecule has 4 nitrogen and oxygen atoms in total. The van der Waals surface area contributed by atoms with Gasteiger partial charge in [0.1, 0.15) is 11.9 Å². The third-order valence-corrected chi connectivity index (χ3v) is 4.52. The quantitative estimate of drug-likeness (QED) is 0.850. The summed E-state index contributed by atoms with van der Waals surface area (Å²) in [6.45, 7) is 0.525. The summed E-state index contributed by atoms with van der Waals surface area (Å²) in [5.74, 6) is -0.758. The SMILES string of the molecule is O=C(O)[C@@H]1CCCCN1C(=O)CCSc1ccc(F)cc1. The molecule has 0 aromatic heterocycles. The number of piperidine rings is 1. The molecule has 1 amide bonds. The molecular weight excluding hydrogens is 293 g/mol. The molecule has 1 atom stereocenters. The fraction of sp³-hybridized carbons (Fsp3) is 0.467. The van der Waals surface area contributed by atoms with Crippen molar-refractivity contribution in [2.75, 3.05) is 12.3 Å². The summed E-state index contributed by atoms with van der Waals surface area (Å²) >= 11 is 1.47. The van der Waals surface area contributed by atoms with Crippen LogP contribution in [0.1, 0.15) is 25.7 Å². The number of thioether (sulfide) groups is 1. The van der Waals surface area contributed by atoms with Gasteiger partial charge in [-0.2, -0.15) is 0 Å². The lowest BCUT2D eigenvalue weighted by Gasteiger charge is -2.33. The lowest BCUT2D eigenvalue weighted by Crippen LogP contribution is -2.48. The van der Waals surface area contributed by atoms with Crippen molar-refractivity contribution >= 4 is 23.6 Å². The number of hydrogen-bond acceptors (Lipinski definition) is 3. The molecule has 1 saturated heterocycles. The number of halogens is 1. The van der Waals surface area contributed by atoms with E-state index in [0.717, 1.165) is 17.7 Å². The highest BCUT2D eigenvalue weighted by molar-refractivity contribution is 7.99. The second-order valence-corrected chi connectivity index (χ2v) is 6.16. The molecule has 0 spiro atoms. The number of carbonyl (C=O) groups is 2. The first kappa shape index (κ1) is 15.8. The maximum absolute atomic E-state index is 12.8. The van der Waals surface area contributed by atoms with Crippen LogP contribution >= 0.6 is 11.8 Å². The Hall–Kier alpha value is -1.56. The summed E-state index contributed by atoms with van der Waals surface area (Å²) in [4.78, 5) is 25.7. The van der Waals surface area contributed by atoms with Gasteiger partial charge in [-0.15, -0.1) is 11.8 Å². The smallest absolute Gasteiger partial charge is 0.326 e. The Morgan fingerprint density at radius 1 is 1.29 bits per heavy atom. The monoisotopic (exact) mass is 311 g/mol. The summed E-state index contributed by atoms with van der Waals surface area (Å²) < 4.78 is 12.8. The van der Waals surface area contributed by atoms with Crippen LogP contribution in [0.2, 0.25) is 0 Å². The first-order chi connectivity index (χ1) is 10.1. The second kappa shape index (κ2) is 7.45. The number of nitrogens with zero attached hydrogens (tertiary/aromatic N) is 1. The molecule has 21 heavy (non-hydrogen) atoms. The predicted molar refractivity (Wildman–Crippen MR) is 78.7 cm³/mol. The lowest BCUT2D eigenvalue weighted by molar-refractivity contribution is -0.151. The van der Waals surface area contributed by atoms with Crippen molar-refractivity contribution in [3.63, 3.8) is 0 Å². The van der Waals surface area contributed by atoms with Gasteiger partial charge < -0.3 is 10.0 Å². The largest absolute Gasteiger partial charge is 0.480 e. The van der Waals surface area contributed by atoms with Crippen LogP contribution in [-0.4, -0.2) is 40.2 Å². The molecule has 6 heteroatoms. The summed E-state index contributed by atoms with van der Waals surface area (Å²) in [6.07, 6.45) is 2.55. The number of hydrogen-bond donors (Lipinski definition) is 1. The minimum Gasteiger partial charge on any atom is -0.480 e. The highest BCUT2D eigenvalue weighted by Crippen LogP contribution is 2.22.